The lowest BCUT2D eigenvalue weighted by Crippen LogP contribution is -2.66. The second-order valence-corrected chi connectivity index (χ2v) is 8.49. The SMILES string of the molecule is CC(C)C[C@H]1c2[nH]c3cc(Cl)ccc3c2C[C@H]2C(=O)N[C@@H](CC(N)=O)C(=O)N21. The van der Waals surface area contributed by atoms with E-state index in [2.05, 4.69) is 24.1 Å². The van der Waals surface area contributed by atoms with Crippen LogP contribution in [0.5, 0.6) is 0 Å². The number of aromatic amines is 1. The van der Waals surface area contributed by atoms with Gasteiger partial charge in [-0.05, 0) is 30.0 Å². The molecule has 3 heterocycles. The van der Waals surface area contributed by atoms with E-state index in [1.165, 1.54) is 0 Å². The van der Waals surface area contributed by atoms with Crippen LogP contribution in [0.15, 0.2) is 18.2 Å². The van der Waals surface area contributed by atoms with Crippen molar-refractivity contribution in [2.45, 2.75) is 51.2 Å². The monoisotopic (exact) mass is 402 g/mol. The minimum absolute atomic E-state index is 0.197. The number of amides is 3. The molecule has 2 aliphatic heterocycles. The van der Waals surface area contributed by atoms with Crippen molar-refractivity contribution in [2.75, 3.05) is 0 Å². The minimum atomic E-state index is -0.906. The zero-order valence-electron chi connectivity index (χ0n) is 15.8. The molecular formula is C20H23ClN4O3. The molecule has 1 saturated heterocycles. The summed E-state index contributed by atoms with van der Waals surface area (Å²) in [5.41, 5.74) is 8.17. The van der Waals surface area contributed by atoms with Gasteiger partial charge in [-0.3, -0.25) is 14.4 Å². The van der Waals surface area contributed by atoms with Gasteiger partial charge in [0.05, 0.1) is 12.5 Å². The Hall–Kier alpha value is -2.54. The zero-order chi connectivity index (χ0) is 20.2. The second kappa shape index (κ2) is 6.81. The molecule has 1 aromatic carbocycles. The lowest BCUT2D eigenvalue weighted by Gasteiger charge is -2.46. The Bertz CT molecular complexity index is 983. The maximum atomic E-state index is 13.2. The summed E-state index contributed by atoms with van der Waals surface area (Å²) in [7, 11) is 0. The van der Waals surface area contributed by atoms with Crippen molar-refractivity contribution in [3.63, 3.8) is 0 Å². The van der Waals surface area contributed by atoms with E-state index in [1.54, 1.807) is 4.90 Å². The van der Waals surface area contributed by atoms with Crippen LogP contribution < -0.4 is 11.1 Å². The number of fused-ring (bicyclic) bond motifs is 4. The number of halogens is 1. The number of hydrogen-bond donors (Lipinski definition) is 3. The number of primary amides is 1. The molecule has 3 atom stereocenters. The topological polar surface area (TPSA) is 108 Å². The summed E-state index contributed by atoms with van der Waals surface area (Å²) < 4.78 is 0. The Balaban J connectivity index is 1.83. The predicted molar refractivity (Wildman–Crippen MR) is 106 cm³/mol. The molecule has 28 heavy (non-hydrogen) atoms. The molecule has 2 aliphatic rings. The van der Waals surface area contributed by atoms with Gasteiger partial charge in [-0.25, -0.2) is 0 Å². The van der Waals surface area contributed by atoms with Crippen LogP contribution in [0.2, 0.25) is 5.02 Å². The van der Waals surface area contributed by atoms with Gasteiger partial charge in [-0.15, -0.1) is 0 Å². The summed E-state index contributed by atoms with van der Waals surface area (Å²) in [5, 5.41) is 4.33. The number of hydrogen-bond acceptors (Lipinski definition) is 3. The highest BCUT2D eigenvalue weighted by Gasteiger charge is 2.48. The molecule has 3 amide bonds. The van der Waals surface area contributed by atoms with Gasteiger partial charge < -0.3 is 20.9 Å². The lowest BCUT2D eigenvalue weighted by molar-refractivity contribution is -0.154. The normalized spacial score (nSPS) is 24.3. The third-order valence-electron chi connectivity index (χ3n) is 5.58. The lowest BCUT2D eigenvalue weighted by atomic mass is 9.85. The van der Waals surface area contributed by atoms with Crippen molar-refractivity contribution >= 4 is 40.2 Å². The Morgan fingerprint density at radius 3 is 2.79 bits per heavy atom. The molecule has 7 nitrogen and oxygen atoms in total. The molecule has 0 bridgehead atoms. The Morgan fingerprint density at radius 1 is 1.36 bits per heavy atom. The van der Waals surface area contributed by atoms with E-state index >= 15 is 0 Å². The van der Waals surface area contributed by atoms with E-state index in [4.69, 9.17) is 17.3 Å². The van der Waals surface area contributed by atoms with Gasteiger partial charge in [0.2, 0.25) is 17.7 Å². The van der Waals surface area contributed by atoms with E-state index in [-0.39, 0.29) is 24.3 Å². The van der Waals surface area contributed by atoms with Crippen molar-refractivity contribution in [3.05, 3.63) is 34.5 Å². The van der Waals surface area contributed by atoms with Gasteiger partial charge in [0, 0.05) is 28.0 Å². The average molecular weight is 403 g/mol. The number of nitrogens with two attached hydrogens (primary N) is 1. The molecule has 1 aromatic heterocycles. The first-order valence-electron chi connectivity index (χ1n) is 9.47. The van der Waals surface area contributed by atoms with Crippen LogP contribution in [0.4, 0.5) is 0 Å². The van der Waals surface area contributed by atoms with Gasteiger partial charge in [-0.2, -0.15) is 0 Å². The van der Waals surface area contributed by atoms with Gasteiger partial charge >= 0.3 is 0 Å². The fraction of sp³-hybridized carbons (Fsp3) is 0.450. The fourth-order valence-corrected chi connectivity index (χ4v) is 4.63. The summed E-state index contributed by atoms with van der Waals surface area (Å²) in [6.07, 6.45) is 0.927. The summed E-state index contributed by atoms with van der Waals surface area (Å²) in [4.78, 5) is 42.5. The number of piperazine rings is 1. The smallest absolute Gasteiger partial charge is 0.246 e. The molecule has 148 valence electrons. The van der Waals surface area contributed by atoms with Crippen molar-refractivity contribution in [1.29, 1.82) is 0 Å². The standard InChI is InChI=1S/C20H23ClN4O3/c1-9(2)5-15-18-12(11-4-3-10(21)6-13(11)23-18)7-16-19(27)24-14(8-17(22)26)20(28)25(15)16/h3-4,6,9,14-16,23H,5,7-8H2,1-2H3,(H2,22,26)(H,24,27)/t14-,15-,16-/m0/s1. The Kier molecular flexibility index (Phi) is 4.57. The first-order valence-corrected chi connectivity index (χ1v) is 9.85. The molecule has 1 fully saturated rings. The van der Waals surface area contributed by atoms with Gasteiger partial charge in [0.1, 0.15) is 12.1 Å². The first kappa shape index (κ1) is 18.8. The number of nitrogens with zero attached hydrogens (tertiary/aromatic N) is 1. The molecule has 0 spiro atoms. The maximum absolute atomic E-state index is 13.2. The van der Waals surface area contributed by atoms with Crippen molar-refractivity contribution in [1.82, 2.24) is 15.2 Å². The van der Waals surface area contributed by atoms with Gasteiger partial charge in [0.15, 0.2) is 0 Å². The first-order chi connectivity index (χ1) is 13.3. The van der Waals surface area contributed by atoms with E-state index in [0.717, 1.165) is 22.2 Å². The van der Waals surface area contributed by atoms with Crippen molar-refractivity contribution < 1.29 is 14.4 Å². The number of aromatic nitrogens is 1. The summed E-state index contributed by atoms with van der Waals surface area (Å²) in [6.45, 7) is 4.16. The molecule has 0 unspecified atom stereocenters. The molecule has 2 aromatic rings. The highest BCUT2D eigenvalue weighted by molar-refractivity contribution is 6.31. The number of nitrogens with one attached hydrogen (secondary N) is 2. The van der Waals surface area contributed by atoms with Crippen LogP contribution >= 0.6 is 11.6 Å². The largest absolute Gasteiger partial charge is 0.370 e. The molecule has 4 N–H and O–H groups in total. The van der Waals surface area contributed by atoms with E-state index in [1.807, 2.05) is 18.2 Å². The molecule has 8 heteroatoms. The number of H-pyrrole nitrogens is 1. The van der Waals surface area contributed by atoms with E-state index in [0.29, 0.717) is 23.8 Å². The number of rotatable bonds is 4. The number of benzene rings is 1. The predicted octanol–water partition coefficient (Wildman–Crippen LogP) is 2.04. The summed E-state index contributed by atoms with van der Waals surface area (Å²) in [5.74, 6) is -0.806. The number of carbonyl (C=O) groups excluding carboxylic acids is 3. The average Bonchev–Trinajstić information content (AvgIpc) is 2.96. The van der Waals surface area contributed by atoms with Gasteiger partial charge in [0.25, 0.3) is 0 Å². The minimum Gasteiger partial charge on any atom is -0.370 e. The quantitative estimate of drug-likeness (QED) is 0.728. The Labute approximate surface area is 167 Å². The Morgan fingerprint density at radius 2 is 2.11 bits per heavy atom. The zero-order valence-corrected chi connectivity index (χ0v) is 16.5. The van der Waals surface area contributed by atoms with Crippen LogP contribution in [0.3, 0.4) is 0 Å². The van der Waals surface area contributed by atoms with Gasteiger partial charge in [-0.1, -0.05) is 31.5 Å². The summed E-state index contributed by atoms with van der Waals surface area (Å²) in [6, 6.07) is 3.87. The van der Waals surface area contributed by atoms with Crippen molar-refractivity contribution in [3.8, 4) is 0 Å². The number of carbonyl (C=O) groups is 3. The molecular weight excluding hydrogens is 380 g/mol. The maximum Gasteiger partial charge on any atom is 0.246 e. The highest BCUT2D eigenvalue weighted by Crippen LogP contribution is 2.42. The molecule has 0 aliphatic carbocycles. The van der Waals surface area contributed by atoms with E-state index < -0.39 is 18.0 Å². The van der Waals surface area contributed by atoms with Crippen LogP contribution in [0.25, 0.3) is 10.9 Å². The molecule has 0 radical (unpaired) electrons. The summed E-state index contributed by atoms with van der Waals surface area (Å²) >= 11 is 6.15. The molecule has 4 rings (SSSR count). The second-order valence-electron chi connectivity index (χ2n) is 8.05. The molecule has 0 saturated carbocycles. The third kappa shape index (κ3) is 3.03. The van der Waals surface area contributed by atoms with Crippen LogP contribution in [-0.4, -0.2) is 39.7 Å². The van der Waals surface area contributed by atoms with E-state index in [9.17, 15) is 14.4 Å². The van der Waals surface area contributed by atoms with Crippen molar-refractivity contribution in [2.24, 2.45) is 11.7 Å². The highest BCUT2D eigenvalue weighted by atomic mass is 35.5. The van der Waals surface area contributed by atoms with Crippen LogP contribution in [0, 0.1) is 5.92 Å². The van der Waals surface area contributed by atoms with Crippen LogP contribution in [0.1, 0.15) is 44.0 Å². The fourth-order valence-electron chi connectivity index (χ4n) is 4.45. The third-order valence-corrected chi connectivity index (χ3v) is 5.81. The van der Waals surface area contributed by atoms with Crippen LogP contribution in [-0.2, 0) is 20.8 Å².